The minimum atomic E-state index is -0.238. The highest BCUT2D eigenvalue weighted by molar-refractivity contribution is 5.94. The minimum Gasteiger partial charge on any atom is -0.342 e. The molecule has 2 N–H and O–H groups in total. The highest BCUT2D eigenvalue weighted by atomic mass is 16.1. The number of benzene rings is 3. The van der Waals surface area contributed by atoms with Crippen LogP contribution in [0.4, 0.5) is 0 Å². The number of aromatic amines is 1. The Morgan fingerprint density at radius 3 is 2.27 bits per heavy atom. The summed E-state index contributed by atoms with van der Waals surface area (Å²) in [5, 5.41) is 3.13. The lowest BCUT2D eigenvalue weighted by Crippen LogP contribution is -2.30. The fourth-order valence-corrected chi connectivity index (χ4v) is 3.03. The summed E-state index contributed by atoms with van der Waals surface area (Å²) in [6.45, 7) is 0. The van der Waals surface area contributed by atoms with Crippen LogP contribution in [0.25, 0.3) is 11.0 Å². The van der Waals surface area contributed by atoms with Crippen LogP contribution in [0, 0.1) is 0 Å². The molecule has 4 rings (SSSR count). The molecule has 0 saturated carbocycles. The number of imidazole rings is 1. The third-order valence-electron chi connectivity index (χ3n) is 4.36. The molecule has 3 aromatic carbocycles. The first kappa shape index (κ1) is 16.1. The normalized spacial score (nSPS) is 12.0. The second-order valence-electron chi connectivity index (χ2n) is 6.22. The molecule has 0 bridgehead atoms. The summed E-state index contributed by atoms with van der Waals surface area (Å²) < 4.78 is 0. The van der Waals surface area contributed by atoms with E-state index in [0.29, 0.717) is 12.0 Å². The molecule has 0 radical (unpaired) electrons. The van der Waals surface area contributed by atoms with Crippen LogP contribution in [0.15, 0.2) is 84.9 Å². The fourth-order valence-electron chi connectivity index (χ4n) is 3.03. The van der Waals surface area contributed by atoms with Gasteiger partial charge in [0, 0.05) is 5.56 Å². The molecule has 0 fully saturated rings. The summed E-state index contributed by atoms with van der Waals surface area (Å²) in [6.07, 6.45) is 0.666. The van der Waals surface area contributed by atoms with Crippen molar-refractivity contribution >= 4 is 16.9 Å². The van der Waals surface area contributed by atoms with Crippen molar-refractivity contribution in [3.63, 3.8) is 0 Å². The Hall–Kier alpha value is -3.40. The van der Waals surface area contributed by atoms with Gasteiger partial charge in [-0.1, -0.05) is 60.7 Å². The van der Waals surface area contributed by atoms with E-state index in [1.165, 1.54) is 0 Å². The van der Waals surface area contributed by atoms with E-state index in [0.717, 1.165) is 22.4 Å². The highest BCUT2D eigenvalue weighted by Crippen LogP contribution is 2.20. The Kier molecular flexibility index (Phi) is 4.48. The van der Waals surface area contributed by atoms with E-state index in [9.17, 15) is 4.79 Å². The monoisotopic (exact) mass is 341 g/mol. The zero-order valence-corrected chi connectivity index (χ0v) is 14.2. The van der Waals surface area contributed by atoms with E-state index in [2.05, 4.69) is 27.4 Å². The predicted octanol–water partition coefficient (Wildman–Crippen LogP) is 4.28. The first-order valence-corrected chi connectivity index (χ1v) is 8.64. The van der Waals surface area contributed by atoms with Crippen LogP contribution in [0.3, 0.4) is 0 Å². The van der Waals surface area contributed by atoms with Gasteiger partial charge in [0.1, 0.15) is 5.82 Å². The molecule has 1 heterocycles. The number of fused-ring (bicyclic) bond motifs is 1. The SMILES string of the molecule is O=C(N[C@H](Cc1ccccc1)c1nc2ccccc2[nH]1)c1ccccc1. The maximum Gasteiger partial charge on any atom is 0.251 e. The molecule has 0 aliphatic heterocycles. The number of nitrogens with zero attached hydrogens (tertiary/aromatic N) is 1. The Morgan fingerprint density at radius 1 is 0.885 bits per heavy atom. The Labute approximate surface area is 151 Å². The zero-order chi connectivity index (χ0) is 17.8. The third kappa shape index (κ3) is 3.49. The lowest BCUT2D eigenvalue weighted by Gasteiger charge is -2.17. The summed E-state index contributed by atoms with van der Waals surface area (Å²) in [4.78, 5) is 20.7. The number of H-pyrrole nitrogens is 1. The van der Waals surface area contributed by atoms with Gasteiger partial charge < -0.3 is 10.3 Å². The standard InChI is InChI=1S/C22H19N3O/c26-22(17-11-5-2-6-12-17)25-20(15-16-9-3-1-4-10-16)21-23-18-13-7-8-14-19(18)24-21/h1-14,20H,15H2,(H,23,24)(H,25,26)/t20-/m1/s1. The van der Waals surface area contributed by atoms with Crippen molar-refractivity contribution in [2.45, 2.75) is 12.5 Å². The molecule has 0 spiro atoms. The van der Waals surface area contributed by atoms with Crippen molar-refractivity contribution < 1.29 is 4.79 Å². The molecular formula is C22H19N3O. The van der Waals surface area contributed by atoms with Gasteiger partial charge in [-0.2, -0.15) is 0 Å². The van der Waals surface area contributed by atoms with Gasteiger partial charge >= 0.3 is 0 Å². The van der Waals surface area contributed by atoms with Crippen molar-refractivity contribution in [3.05, 3.63) is 102 Å². The maximum atomic E-state index is 12.7. The van der Waals surface area contributed by atoms with Crippen LogP contribution in [-0.4, -0.2) is 15.9 Å². The van der Waals surface area contributed by atoms with Crippen molar-refractivity contribution in [3.8, 4) is 0 Å². The van der Waals surface area contributed by atoms with Crippen LogP contribution < -0.4 is 5.32 Å². The minimum absolute atomic E-state index is 0.105. The van der Waals surface area contributed by atoms with E-state index in [1.807, 2.05) is 72.8 Å². The van der Waals surface area contributed by atoms with Gasteiger partial charge in [0.25, 0.3) is 5.91 Å². The molecule has 26 heavy (non-hydrogen) atoms. The number of aromatic nitrogens is 2. The van der Waals surface area contributed by atoms with E-state index in [4.69, 9.17) is 0 Å². The number of carbonyl (C=O) groups excluding carboxylic acids is 1. The number of carbonyl (C=O) groups is 1. The number of hydrogen-bond donors (Lipinski definition) is 2. The number of amides is 1. The molecular weight excluding hydrogens is 322 g/mol. The fraction of sp³-hybridized carbons (Fsp3) is 0.0909. The van der Waals surface area contributed by atoms with E-state index in [1.54, 1.807) is 0 Å². The number of nitrogens with one attached hydrogen (secondary N) is 2. The Bertz CT molecular complexity index is 976. The first-order chi connectivity index (χ1) is 12.8. The number of rotatable bonds is 5. The Morgan fingerprint density at radius 2 is 1.54 bits per heavy atom. The molecule has 1 amide bonds. The lowest BCUT2D eigenvalue weighted by molar-refractivity contribution is 0.0935. The van der Waals surface area contributed by atoms with Gasteiger partial charge in [-0.05, 0) is 36.2 Å². The predicted molar refractivity (Wildman–Crippen MR) is 103 cm³/mol. The van der Waals surface area contributed by atoms with E-state index >= 15 is 0 Å². The zero-order valence-electron chi connectivity index (χ0n) is 14.2. The average Bonchev–Trinajstić information content (AvgIpc) is 3.13. The molecule has 0 aliphatic rings. The van der Waals surface area contributed by atoms with Crippen molar-refractivity contribution in [1.82, 2.24) is 15.3 Å². The van der Waals surface area contributed by atoms with Crippen molar-refractivity contribution in [1.29, 1.82) is 0 Å². The van der Waals surface area contributed by atoms with Gasteiger partial charge in [0.05, 0.1) is 17.1 Å². The Balaban J connectivity index is 1.65. The molecule has 4 aromatic rings. The van der Waals surface area contributed by atoms with Gasteiger partial charge in [-0.15, -0.1) is 0 Å². The van der Waals surface area contributed by atoms with Crippen molar-refractivity contribution in [2.75, 3.05) is 0 Å². The topological polar surface area (TPSA) is 57.8 Å². The number of hydrogen-bond acceptors (Lipinski definition) is 2. The lowest BCUT2D eigenvalue weighted by atomic mass is 10.0. The molecule has 0 unspecified atom stereocenters. The van der Waals surface area contributed by atoms with Crippen LogP contribution in [-0.2, 0) is 6.42 Å². The average molecular weight is 341 g/mol. The summed E-state index contributed by atoms with van der Waals surface area (Å²) in [5.74, 6) is 0.659. The first-order valence-electron chi connectivity index (χ1n) is 8.64. The van der Waals surface area contributed by atoms with Crippen LogP contribution in [0.1, 0.15) is 27.8 Å². The summed E-state index contributed by atoms with van der Waals surface area (Å²) in [6, 6.07) is 27.0. The quantitative estimate of drug-likeness (QED) is 0.569. The smallest absolute Gasteiger partial charge is 0.251 e. The van der Waals surface area contributed by atoms with Crippen LogP contribution in [0.2, 0.25) is 0 Å². The summed E-state index contributed by atoms with van der Waals surface area (Å²) in [7, 11) is 0. The summed E-state index contributed by atoms with van der Waals surface area (Å²) >= 11 is 0. The van der Waals surface area contributed by atoms with Crippen LogP contribution >= 0.6 is 0 Å². The van der Waals surface area contributed by atoms with E-state index in [-0.39, 0.29) is 11.9 Å². The molecule has 4 nitrogen and oxygen atoms in total. The van der Waals surface area contributed by atoms with Gasteiger partial charge in [0.2, 0.25) is 0 Å². The van der Waals surface area contributed by atoms with E-state index < -0.39 is 0 Å². The molecule has 4 heteroatoms. The largest absolute Gasteiger partial charge is 0.342 e. The van der Waals surface area contributed by atoms with Gasteiger partial charge in [0.15, 0.2) is 0 Å². The maximum absolute atomic E-state index is 12.7. The molecule has 128 valence electrons. The second-order valence-corrected chi connectivity index (χ2v) is 6.22. The van der Waals surface area contributed by atoms with Crippen LogP contribution in [0.5, 0.6) is 0 Å². The molecule has 1 atom stereocenters. The number of para-hydroxylation sites is 2. The molecule has 1 aromatic heterocycles. The molecule has 0 saturated heterocycles. The second kappa shape index (κ2) is 7.23. The highest BCUT2D eigenvalue weighted by Gasteiger charge is 2.19. The summed E-state index contributed by atoms with van der Waals surface area (Å²) in [5.41, 5.74) is 3.65. The van der Waals surface area contributed by atoms with Gasteiger partial charge in [-0.25, -0.2) is 4.98 Å². The molecule has 0 aliphatic carbocycles. The third-order valence-corrected chi connectivity index (χ3v) is 4.36. The van der Waals surface area contributed by atoms with Gasteiger partial charge in [-0.3, -0.25) is 4.79 Å². The van der Waals surface area contributed by atoms with Crippen molar-refractivity contribution in [2.24, 2.45) is 0 Å².